The number of unbranched alkanes of at least 4 members (excludes halogenated alkanes) is 38. The van der Waals surface area contributed by atoms with E-state index in [2.05, 4.69) is 69.4 Å². The van der Waals surface area contributed by atoms with Gasteiger partial charge in [-0.3, -0.25) is 14.4 Å². The van der Waals surface area contributed by atoms with Crippen molar-refractivity contribution in [2.45, 2.75) is 335 Å². The number of hydrogen-bond donors (Lipinski definition) is 0. The number of esters is 3. The van der Waals surface area contributed by atoms with Crippen molar-refractivity contribution in [2.24, 2.45) is 0 Å². The van der Waals surface area contributed by atoms with E-state index in [1.54, 1.807) is 0 Å². The maximum atomic E-state index is 12.9. The minimum atomic E-state index is -0.782. The summed E-state index contributed by atoms with van der Waals surface area (Å²) in [6, 6.07) is 0. The van der Waals surface area contributed by atoms with E-state index in [4.69, 9.17) is 14.2 Å². The summed E-state index contributed by atoms with van der Waals surface area (Å²) in [6.07, 6.45) is 73.9. The molecule has 0 amide bonds. The predicted octanol–water partition coefficient (Wildman–Crippen LogP) is 21.0. The summed E-state index contributed by atoms with van der Waals surface area (Å²) in [5.41, 5.74) is 0. The number of ether oxygens (including phenoxy) is 3. The molecule has 0 bridgehead atoms. The summed E-state index contributed by atoms with van der Waals surface area (Å²) in [6.45, 7) is 6.63. The van der Waals surface area contributed by atoms with Gasteiger partial charge in [-0.15, -0.1) is 0 Å². The van der Waals surface area contributed by atoms with Gasteiger partial charge in [0, 0.05) is 19.3 Å². The summed E-state index contributed by atoms with van der Waals surface area (Å²) in [5.74, 6) is -0.881. The molecule has 0 aliphatic heterocycles. The SMILES string of the molecule is CCCCC/C=C\C/C=C\C/C=C\CCCCCCCCC(=O)OC(COC(=O)CCCCCCC/C=C\CCCCCC)COC(=O)CCCCCCCCCCCCCCCCCCCCCCC. The third-order valence-corrected chi connectivity index (χ3v) is 13.8. The van der Waals surface area contributed by atoms with Crippen LogP contribution in [-0.2, 0) is 28.6 Å². The van der Waals surface area contributed by atoms with E-state index in [0.717, 1.165) is 89.9 Å². The highest BCUT2D eigenvalue weighted by atomic mass is 16.6. The summed E-state index contributed by atoms with van der Waals surface area (Å²) in [4.78, 5) is 38.2. The molecule has 6 nitrogen and oxygen atoms in total. The van der Waals surface area contributed by atoms with Gasteiger partial charge in [-0.05, 0) is 83.5 Å². The molecular formula is C65H118O6. The zero-order valence-electron chi connectivity index (χ0n) is 47.5. The van der Waals surface area contributed by atoms with Gasteiger partial charge in [0.15, 0.2) is 6.10 Å². The van der Waals surface area contributed by atoms with Gasteiger partial charge in [0.2, 0.25) is 0 Å². The summed E-state index contributed by atoms with van der Waals surface area (Å²) < 4.78 is 16.9. The maximum Gasteiger partial charge on any atom is 0.306 e. The molecule has 0 N–H and O–H groups in total. The second-order valence-electron chi connectivity index (χ2n) is 21.0. The second kappa shape index (κ2) is 59.9. The topological polar surface area (TPSA) is 78.9 Å². The number of hydrogen-bond acceptors (Lipinski definition) is 6. The number of carbonyl (C=O) groups is 3. The second-order valence-corrected chi connectivity index (χ2v) is 21.0. The molecule has 0 saturated carbocycles. The summed E-state index contributed by atoms with van der Waals surface area (Å²) in [5, 5.41) is 0. The van der Waals surface area contributed by atoms with Crippen LogP contribution in [0.5, 0.6) is 0 Å². The first-order chi connectivity index (χ1) is 35.0. The molecule has 0 saturated heterocycles. The van der Waals surface area contributed by atoms with Crippen molar-refractivity contribution in [3.8, 4) is 0 Å². The van der Waals surface area contributed by atoms with Gasteiger partial charge < -0.3 is 14.2 Å². The first kappa shape index (κ1) is 68.4. The smallest absolute Gasteiger partial charge is 0.306 e. The Hall–Kier alpha value is -2.63. The first-order valence-electron chi connectivity index (χ1n) is 31.1. The average Bonchev–Trinajstić information content (AvgIpc) is 3.37. The Morgan fingerprint density at radius 1 is 0.282 bits per heavy atom. The van der Waals surface area contributed by atoms with Crippen molar-refractivity contribution in [2.75, 3.05) is 13.2 Å². The molecule has 0 aromatic rings. The minimum Gasteiger partial charge on any atom is -0.462 e. The molecule has 414 valence electrons. The molecule has 71 heavy (non-hydrogen) atoms. The van der Waals surface area contributed by atoms with Crippen LogP contribution in [-0.4, -0.2) is 37.2 Å². The van der Waals surface area contributed by atoms with Crippen LogP contribution in [0.15, 0.2) is 48.6 Å². The van der Waals surface area contributed by atoms with E-state index >= 15 is 0 Å². The fraction of sp³-hybridized carbons (Fsp3) is 0.831. The third-order valence-electron chi connectivity index (χ3n) is 13.8. The largest absolute Gasteiger partial charge is 0.462 e. The van der Waals surface area contributed by atoms with Crippen LogP contribution in [0.1, 0.15) is 329 Å². The monoisotopic (exact) mass is 995 g/mol. The molecule has 0 radical (unpaired) electrons. The highest BCUT2D eigenvalue weighted by molar-refractivity contribution is 5.71. The maximum absolute atomic E-state index is 12.9. The van der Waals surface area contributed by atoms with Gasteiger partial charge in [0.25, 0.3) is 0 Å². The van der Waals surface area contributed by atoms with Crippen LogP contribution < -0.4 is 0 Å². The van der Waals surface area contributed by atoms with Gasteiger partial charge in [-0.25, -0.2) is 0 Å². The summed E-state index contributed by atoms with van der Waals surface area (Å²) >= 11 is 0. The highest BCUT2D eigenvalue weighted by Gasteiger charge is 2.19. The lowest BCUT2D eigenvalue weighted by atomic mass is 10.0. The molecule has 0 aliphatic carbocycles. The van der Waals surface area contributed by atoms with Crippen LogP contribution in [0.4, 0.5) is 0 Å². The van der Waals surface area contributed by atoms with Crippen molar-refractivity contribution >= 4 is 17.9 Å². The Labute approximate surface area is 441 Å². The van der Waals surface area contributed by atoms with E-state index < -0.39 is 6.10 Å². The van der Waals surface area contributed by atoms with Crippen molar-refractivity contribution in [1.29, 1.82) is 0 Å². The molecule has 1 atom stereocenters. The normalized spacial score (nSPS) is 12.3. The van der Waals surface area contributed by atoms with E-state index in [-0.39, 0.29) is 31.1 Å². The van der Waals surface area contributed by atoms with Crippen molar-refractivity contribution in [3.63, 3.8) is 0 Å². The standard InChI is InChI=1S/C65H118O6/c1-4-7-10-13-16-19-22-25-27-29-31-32-34-35-37-40-43-46-49-52-55-58-64(67)70-61-62(60-69-63(66)57-54-51-48-45-42-39-24-21-18-15-12-9-6-3)71-65(68)59-56-53-50-47-44-41-38-36-33-30-28-26-23-20-17-14-11-8-5-2/h17,20-21,24,26,28,33,36,62H,4-16,18-19,22-23,25,27,29-32,34-35,37-61H2,1-3H3/b20-17-,24-21-,28-26-,36-33-. The lowest BCUT2D eigenvalue weighted by Gasteiger charge is -2.18. The summed E-state index contributed by atoms with van der Waals surface area (Å²) in [7, 11) is 0. The van der Waals surface area contributed by atoms with Crippen molar-refractivity contribution in [1.82, 2.24) is 0 Å². The van der Waals surface area contributed by atoms with E-state index in [1.165, 1.54) is 199 Å². The molecule has 0 aliphatic rings. The zero-order valence-corrected chi connectivity index (χ0v) is 47.5. The molecule has 0 rings (SSSR count). The van der Waals surface area contributed by atoms with Crippen LogP contribution in [0.25, 0.3) is 0 Å². The fourth-order valence-corrected chi connectivity index (χ4v) is 9.09. The van der Waals surface area contributed by atoms with E-state index in [9.17, 15) is 14.4 Å². The Morgan fingerprint density at radius 2 is 0.507 bits per heavy atom. The Kier molecular flexibility index (Phi) is 57.7. The van der Waals surface area contributed by atoms with Crippen LogP contribution in [0, 0.1) is 0 Å². The van der Waals surface area contributed by atoms with Crippen LogP contribution >= 0.6 is 0 Å². The third kappa shape index (κ3) is 58.1. The lowest BCUT2D eigenvalue weighted by molar-refractivity contribution is -0.167. The van der Waals surface area contributed by atoms with Crippen molar-refractivity contribution < 1.29 is 28.6 Å². The van der Waals surface area contributed by atoms with Gasteiger partial charge in [0.1, 0.15) is 13.2 Å². The molecule has 0 aromatic carbocycles. The Morgan fingerprint density at radius 3 is 0.845 bits per heavy atom. The quantitative estimate of drug-likeness (QED) is 0.0261. The fourth-order valence-electron chi connectivity index (χ4n) is 9.09. The average molecular weight is 996 g/mol. The van der Waals surface area contributed by atoms with E-state index in [0.29, 0.717) is 19.3 Å². The zero-order chi connectivity index (χ0) is 51.4. The minimum absolute atomic E-state index is 0.0778. The van der Waals surface area contributed by atoms with Gasteiger partial charge in [-0.1, -0.05) is 275 Å². The van der Waals surface area contributed by atoms with Crippen molar-refractivity contribution in [3.05, 3.63) is 48.6 Å². The Balaban J connectivity index is 4.33. The van der Waals surface area contributed by atoms with E-state index in [1.807, 2.05) is 0 Å². The number of carbonyl (C=O) groups excluding carboxylic acids is 3. The highest BCUT2D eigenvalue weighted by Crippen LogP contribution is 2.17. The molecule has 0 fully saturated rings. The van der Waals surface area contributed by atoms with Crippen LogP contribution in [0.3, 0.4) is 0 Å². The number of allylic oxidation sites excluding steroid dienone is 8. The molecule has 6 heteroatoms. The molecule has 1 unspecified atom stereocenters. The first-order valence-corrected chi connectivity index (χ1v) is 31.1. The molecule has 0 spiro atoms. The molecule has 0 heterocycles. The molecular weight excluding hydrogens is 877 g/mol. The lowest BCUT2D eigenvalue weighted by Crippen LogP contribution is -2.30. The van der Waals surface area contributed by atoms with Gasteiger partial charge >= 0.3 is 17.9 Å². The number of rotatable bonds is 57. The Bertz CT molecular complexity index is 1230. The molecule has 0 aromatic heterocycles. The van der Waals surface area contributed by atoms with Gasteiger partial charge in [0.05, 0.1) is 0 Å². The predicted molar refractivity (Wildman–Crippen MR) is 307 cm³/mol. The van der Waals surface area contributed by atoms with Gasteiger partial charge in [-0.2, -0.15) is 0 Å². The van der Waals surface area contributed by atoms with Crippen LogP contribution in [0.2, 0.25) is 0 Å².